The number of thioether (sulfide) groups is 1. The summed E-state index contributed by atoms with van der Waals surface area (Å²) in [7, 11) is 0. The second kappa shape index (κ2) is 6.81. The van der Waals surface area contributed by atoms with Gasteiger partial charge in [-0.25, -0.2) is 0 Å². The van der Waals surface area contributed by atoms with Gasteiger partial charge in [0.2, 0.25) is 5.89 Å². The van der Waals surface area contributed by atoms with Crippen LogP contribution in [-0.4, -0.2) is 40.3 Å². The fraction of sp³-hybridized carbons (Fsp3) is 0.778. The summed E-state index contributed by atoms with van der Waals surface area (Å²) in [6.07, 6.45) is 0.744. The minimum absolute atomic E-state index is 0.196. The van der Waals surface area contributed by atoms with Crippen molar-refractivity contribution in [2.75, 3.05) is 18.9 Å². The zero-order valence-corrected chi connectivity index (χ0v) is 9.88. The highest BCUT2D eigenvalue weighted by molar-refractivity contribution is 7.99. The molecule has 1 rings (SSSR count). The molecule has 0 spiro atoms. The van der Waals surface area contributed by atoms with E-state index < -0.39 is 0 Å². The van der Waals surface area contributed by atoms with Gasteiger partial charge in [-0.2, -0.15) is 0 Å². The average molecular weight is 231 g/mol. The standard InChI is InChI=1S/C9H17N3O2S/c1-3-10-8(4-5-13)6-15-9-12-11-7(2)14-9/h8,10,13H,3-6H2,1-2H3. The Morgan fingerprint density at radius 1 is 1.53 bits per heavy atom. The van der Waals surface area contributed by atoms with Crippen LogP contribution in [0, 0.1) is 6.92 Å². The summed E-state index contributed by atoms with van der Waals surface area (Å²) >= 11 is 1.52. The van der Waals surface area contributed by atoms with Crippen LogP contribution >= 0.6 is 11.8 Å². The minimum atomic E-state index is 0.196. The molecule has 0 aliphatic carbocycles. The zero-order chi connectivity index (χ0) is 11.1. The van der Waals surface area contributed by atoms with Gasteiger partial charge in [-0.1, -0.05) is 18.7 Å². The van der Waals surface area contributed by atoms with E-state index in [1.807, 2.05) is 6.92 Å². The van der Waals surface area contributed by atoms with Gasteiger partial charge in [0.1, 0.15) is 0 Å². The van der Waals surface area contributed by atoms with Gasteiger partial charge in [-0.05, 0) is 13.0 Å². The van der Waals surface area contributed by atoms with Crippen LogP contribution in [0.25, 0.3) is 0 Å². The Hall–Kier alpha value is -0.590. The zero-order valence-electron chi connectivity index (χ0n) is 9.06. The molecule has 2 N–H and O–H groups in total. The molecule has 6 heteroatoms. The predicted molar refractivity (Wildman–Crippen MR) is 58.9 cm³/mol. The first-order valence-corrected chi connectivity index (χ1v) is 6.02. The maximum absolute atomic E-state index is 8.86. The van der Waals surface area contributed by atoms with Crippen LogP contribution < -0.4 is 5.32 Å². The summed E-state index contributed by atoms with van der Waals surface area (Å²) < 4.78 is 5.24. The van der Waals surface area contributed by atoms with E-state index in [1.165, 1.54) is 11.8 Å². The van der Waals surface area contributed by atoms with Crippen molar-refractivity contribution in [3.05, 3.63) is 5.89 Å². The minimum Gasteiger partial charge on any atom is -0.416 e. The van der Waals surface area contributed by atoms with Gasteiger partial charge < -0.3 is 14.8 Å². The smallest absolute Gasteiger partial charge is 0.276 e. The summed E-state index contributed by atoms with van der Waals surface area (Å²) in [4.78, 5) is 0. The fourth-order valence-corrected chi connectivity index (χ4v) is 2.10. The molecule has 1 aromatic rings. The molecule has 0 aliphatic heterocycles. The summed E-state index contributed by atoms with van der Waals surface area (Å²) in [5, 5.41) is 20.4. The van der Waals surface area contributed by atoms with Gasteiger partial charge in [0.15, 0.2) is 0 Å². The summed E-state index contributed by atoms with van der Waals surface area (Å²) in [6.45, 7) is 4.91. The number of nitrogens with one attached hydrogen (secondary N) is 1. The molecule has 15 heavy (non-hydrogen) atoms. The summed E-state index contributed by atoms with van der Waals surface area (Å²) in [5.74, 6) is 1.41. The van der Waals surface area contributed by atoms with E-state index in [0.717, 1.165) is 18.7 Å². The van der Waals surface area contributed by atoms with Crippen molar-refractivity contribution in [2.45, 2.75) is 31.5 Å². The first-order chi connectivity index (χ1) is 7.26. The third-order valence-electron chi connectivity index (χ3n) is 1.89. The van der Waals surface area contributed by atoms with Crippen molar-refractivity contribution in [3.8, 4) is 0 Å². The van der Waals surface area contributed by atoms with Crippen molar-refractivity contribution in [1.82, 2.24) is 15.5 Å². The van der Waals surface area contributed by atoms with Gasteiger partial charge in [-0.15, -0.1) is 10.2 Å². The van der Waals surface area contributed by atoms with Gasteiger partial charge in [-0.3, -0.25) is 0 Å². The maximum atomic E-state index is 8.86. The Bertz CT molecular complexity index is 274. The number of aliphatic hydroxyl groups is 1. The van der Waals surface area contributed by atoms with Crippen LogP contribution in [-0.2, 0) is 0 Å². The number of aromatic nitrogens is 2. The van der Waals surface area contributed by atoms with Crippen molar-refractivity contribution in [2.24, 2.45) is 0 Å². The Kier molecular flexibility index (Phi) is 5.67. The number of aliphatic hydroxyl groups excluding tert-OH is 1. The average Bonchev–Trinajstić information content (AvgIpc) is 2.61. The van der Waals surface area contributed by atoms with E-state index in [0.29, 0.717) is 11.1 Å². The lowest BCUT2D eigenvalue weighted by Gasteiger charge is -2.14. The Morgan fingerprint density at radius 3 is 2.87 bits per heavy atom. The molecule has 1 atom stereocenters. The maximum Gasteiger partial charge on any atom is 0.276 e. The molecule has 0 aliphatic rings. The van der Waals surface area contributed by atoms with E-state index in [4.69, 9.17) is 9.52 Å². The molecule has 0 fully saturated rings. The molecule has 0 amide bonds. The molecule has 1 aromatic heterocycles. The first kappa shape index (κ1) is 12.5. The molecule has 1 heterocycles. The van der Waals surface area contributed by atoms with Crippen molar-refractivity contribution in [3.63, 3.8) is 0 Å². The SMILES string of the molecule is CCNC(CCO)CSc1nnc(C)o1. The highest BCUT2D eigenvalue weighted by Gasteiger charge is 2.10. The topological polar surface area (TPSA) is 71.2 Å². The van der Waals surface area contributed by atoms with E-state index in [1.54, 1.807) is 6.92 Å². The quantitative estimate of drug-likeness (QED) is 0.677. The first-order valence-electron chi connectivity index (χ1n) is 5.03. The molecule has 86 valence electrons. The van der Waals surface area contributed by atoms with Gasteiger partial charge in [0.05, 0.1) is 0 Å². The predicted octanol–water partition coefficient (Wildman–Crippen LogP) is 0.831. The Morgan fingerprint density at radius 2 is 2.33 bits per heavy atom. The van der Waals surface area contributed by atoms with Gasteiger partial charge >= 0.3 is 0 Å². The van der Waals surface area contributed by atoms with Gasteiger partial charge in [0.25, 0.3) is 5.22 Å². The highest BCUT2D eigenvalue weighted by Crippen LogP contribution is 2.17. The third kappa shape index (κ3) is 4.63. The number of nitrogens with zero attached hydrogens (tertiary/aromatic N) is 2. The number of hydrogen-bond donors (Lipinski definition) is 2. The van der Waals surface area contributed by atoms with E-state index in [-0.39, 0.29) is 12.6 Å². The normalized spacial score (nSPS) is 13.0. The molecule has 0 saturated carbocycles. The number of aryl methyl sites for hydroxylation is 1. The van der Waals surface area contributed by atoms with Crippen LogP contribution in [0.15, 0.2) is 9.64 Å². The Labute approximate surface area is 93.7 Å². The molecule has 0 radical (unpaired) electrons. The van der Waals surface area contributed by atoms with E-state index in [9.17, 15) is 0 Å². The summed E-state index contributed by atoms with van der Waals surface area (Å²) in [5.41, 5.74) is 0. The largest absolute Gasteiger partial charge is 0.416 e. The van der Waals surface area contributed by atoms with Crippen LogP contribution in [0.1, 0.15) is 19.2 Å². The third-order valence-corrected chi connectivity index (χ3v) is 2.87. The van der Waals surface area contributed by atoms with Gasteiger partial charge in [0, 0.05) is 25.3 Å². The molecule has 0 aromatic carbocycles. The van der Waals surface area contributed by atoms with Crippen LogP contribution in [0.3, 0.4) is 0 Å². The highest BCUT2D eigenvalue weighted by atomic mass is 32.2. The fourth-order valence-electron chi connectivity index (χ4n) is 1.20. The van der Waals surface area contributed by atoms with Crippen LogP contribution in [0.4, 0.5) is 0 Å². The number of hydrogen-bond acceptors (Lipinski definition) is 6. The lowest BCUT2D eigenvalue weighted by atomic mass is 10.2. The molecular weight excluding hydrogens is 214 g/mol. The van der Waals surface area contributed by atoms with Crippen molar-refractivity contribution < 1.29 is 9.52 Å². The van der Waals surface area contributed by atoms with Crippen LogP contribution in [0.5, 0.6) is 0 Å². The lowest BCUT2D eigenvalue weighted by Crippen LogP contribution is -2.32. The lowest BCUT2D eigenvalue weighted by molar-refractivity contribution is 0.271. The molecular formula is C9H17N3O2S. The molecule has 1 unspecified atom stereocenters. The van der Waals surface area contributed by atoms with E-state index >= 15 is 0 Å². The number of rotatable bonds is 7. The molecule has 0 saturated heterocycles. The monoisotopic (exact) mass is 231 g/mol. The second-order valence-electron chi connectivity index (χ2n) is 3.16. The summed E-state index contributed by atoms with van der Waals surface area (Å²) in [6, 6.07) is 0.289. The molecule has 0 bridgehead atoms. The van der Waals surface area contributed by atoms with Crippen molar-refractivity contribution >= 4 is 11.8 Å². The second-order valence-corrected chi connectivity index (χ2v) is 4.14. The Balaban J connectivity index is 2.32. The van der Waals surface area contributed by atoms with E-state index in [2.05, 4.69) is 15.5 Å². The van der Waals surface area contributed by atoms with Crippen molar-refractivity contribution in [1.29, 1.82) is 0 Å². The van der Waals surface area contributed by atoms with Crippen LogP contribution in [0.2, 0.25) is 0 Å². The molecule has 5 nitrogen and oxygen atoms in total.